The van der Waals surface area contributed by atoms with Crippen molar-refractivity contribution in [3.8, 4) is 22.0 Å². The minimum Gasteiger partial charge on any atom is -0.337 e. The molecule has 108 valence electrons. The summed E-state index contributed by atoms with van der Waals surface area (Å²) in [6.07, 6.45) is -2.65. The predicted molar refractivity (Wildman–Crippen MR) is 80.0 cm³/mol. The molecule has 0 aliphatic heterocycles. The molecular weight excluding hydrogens is 365 g/mol. The zero-order chi connectivity index (χ0) is 15.0. The van der Waals surface area contributed by atoms with Crippen LogP contribution < -0.4 is 0 Å². The maximum atomic E-state index is 12.5. The van der Waals surface area contributed by atoms with E-state index >= 15 is 0 Å². The smallest absolute Gasteiger partial charge is 0.337 e. The van der Waals surface area contributed by atoms with Crippen LogP contribution >= 0.6 is 27.3 Å². The van der Waals surface area contributed by atoms with Crippen LogP contribution in [-0.2, 0) is 6.18 Å². The lowest BCUT2D eigenvalue weighted by Gasteiger charge is -2.06. The number of aromatic nitrogens is 2. The van der Waals surface area contributed by atoms with Crippen LogP contribution in [0.25, 0.3) is 22.0 Å². The molecule has 0 spiro atoms. The molecule has 1 N–H and O–H groups in total. The third-order valence-electron chi connectivity index (χ3n) is 2.92. The molecule has 2 heterocycles. The maximum Gasteiger partial charge on any atom is 0.416 e. The molecule has 2 aromatic heterocycles. The summed E-state index contributed by atoms with van der Waals surface area (Å²) in [5.41, 5.74) is 0.771. The minimum atomic E-state index is -4.32. The first kappa shape index (κ1) is 14.3. The zero-order valence-corrected chi connectivity index (χ0v) is 12.8. The number of alkyl halides is 3. The Bertz CT molecular complexity index is 759. The number of thiophene rings is 1. The van der Waals surface area contributed by atoms with Gasteiger partial charge in [0.1, 0.15) is 5.82 Å². The standard InChI is InChI=1S/C14H8BrF3N2S/c15-10-5-6-21-12(10)11-7-19-13(20-11)8-1-3-9(4-2-8)14(16,17)18/h1-7H,(H,19,20). The lowest BCUT2D eigenvalue weighted by atomic mass is 10.1. The first-order valence-electron chi connectivity index (χ1n) is 5.91. The van der Waals surface area contributed by atoms with Crippen molar-refractivity contribution in [2.75, 3.05) is 0 Å². The number of rotatable bonds is 2. The van der Waals surface area contributed by atoms with E-state index in [0.717, 1.165) is 27.2 Å². The Hall–Kier alpha value is -1.60. The van der Waals surface area contributed by atoms with Crippen molar-refractivity contribution in [2.24, 2.45) is 0 Å². The fourth-order valence-electron chi connectivity index (χ4n) is 1.89. The molecule has 0 atom stereocenters. The SMILES string of the molecule is FC(F)(F)c1ccc(-c2ncc(-c3sccc3Br)[nH]2)cc1. The molecule has 7 heteroatoms. The Labute approximate surface area is 130 Å². The van der Waals surface area contributed by atoms with E-state index in [1.165, 1.54) is 12.1 Å². The quantitative estimate of drug-likeness (QED) is 0.624. The molecule has 2 nitrogen and oxygen atoms in total. The molecule has 0 unspecified atom stereocenters. The number of aromatic amines is 1. The Morgan fingerprint density at radius 1 is 1.10 bits per heavy atom. The van der Waals surface area contributed by atoms with E-state index in [0.29, 0.717) is 11.4 Å². The van der Waals surface area contributed by atoms with Crippen molar-refractivity contribution in [3.05, 3.63) is 51.9 Å². The van der Waals surface area contributed by atoms with Crippen LogP contribution in [0.2, 0.25) is 0 Å². The Balaban J connectivity index is 1.92. The second-order valence-corrected chi connectivity index (χ2v) is 6.09. The molecule has 3 aromatic rings. The van der Waals surface area contributed by atoms with E-state index < -0.39 is 11.7 Å². The number of H-pyrrole nitrogens is 1. The highest BCUT2D eigenvalue weighted by atomic mass is 79.9. The molecule has 0 aliphatic rings. The van der Waals surface area contributed by atoms with Gasteiger partial charge in [0.25, 0.3) is 0 Å². The van der Waals surface area contributed by atoms with Crippen molar-refractivity contribution < 1.29 is 13.2 Å². The molecule has 1 aromatic carbocycles. The van der Waals surface area contributed by atoms with Gasteiger partial charge in [-0.05, 0) is 39.5 Å². The fourth-order valence-corrected chi connectivity index (χ4v) is 3.44. The highest BCUT2D eigenvalue weighted by Crippen LogP contribution is 2.34. The summed E-state index contributed by atoms with van der Waals surface area (Å²) < 4.78 is 38.5. The van der Waals surface area contributed by atoms with E-state index in [9.17, 15) is 13.2 Å². The zero-order valence-electron chi connectivity index (χ0n) is 10.4. The first-order chi connectivity index (χ1) is 9.95. The summed E-state index contributed by atoms with van der Waals surface area (Å²) in [7, 11) is 0. The lowest BCUT2D eigenvalue weighted by molar-refractivity contribution is -0.137. The maximum absolute atomic E-state index is 12.5. The van der Waals surface area contributed by atoms with Crippen molar-refractivity contribution in [2.45, 2.75) is 6.18 Å². The number of nitrogens with one attached hydrogen (secondary N) is 1. The van der Waals surface area contributed by atoms with Crippen molar-refractivity contribution in [3.63, 3.8) is 0 Å². The fraction of sp³-hybridized carbons (Fsp3) is 0.0714. The highest BCUT2D eigenvalue weighted by Gasteiger charge is 2.30. The van der Waals surface area contributed by atoms with Gasteiger partial charge in [-0.3, -0.25) is 0 Å². The van der Waals surface area contributed by atoms with Gasteiger partial charge >= 0.3 is 6.18 Å². The van der Waals surface area contributed by atoms with Crippen LogP contribution in [0, 0.1) is 0 Å². The van der Waals surface area contributed by atoms with Gasteiger partial charge in [-0.1, -0.05) is 12.1 Å². The Morgan fingerprint density at radius 3 is 2.38 bits per heavy atom. The van der Waals surface area contributed by atoms with Crippen molar-refractivity contribution in [1.82, 2.24) is 9.97 Å². The van der Waals surface area contributed by atoms with Gasteiger partial charge in [-0.15, -0.1) is 11.3 Å². The number of hydrogen-bond acceptors (Lipinski definition) is 2. The summed E-state index contributed by atoms with van der Waals surface area (Å²) in [5.74, 6) is 0.541. The summed E-state index contributed by atoms with van der Waals surface area (Å²) in [6.45, 7) is 0. The molecule has 0 saturated heterocycles. The second kappa shape index (κ2) is 5.31. The van der Waals surface area contributed by atoms with Gasteiger partial charge in [0.05, 0.1) is 22.3 Å². The third kappa shape index (κ3) is 2.89. The molecular formula is C14H8BrF3N2S. The number of hydrogen-bond donors (Lipinski definition) is 1. The topological polar surface area (TPSA) is 28.7 Å². The normalized spacial score (nSPS) is 11.8. The molecule has 0 bridgehead atoms. The van der Waals surface area contributed by atoms with Gasteiger partial charge in [-0.25, -0.2) is 4.98 Å². The van der Waals surface area contributed by atoms with Gasteiger partial charge in [0.15, 0.2) is 0 Å². The van der Waals surface area contributed by atoms with E-state index in [4.69, 9.17) is 0 Å². The molecule has 3 rings (SSSR count). The summed E-state index contributed by atoms with van der Waals surface area (Å²) in [6, 6.07) is 6.86. The van der Waals surface area contributed by atoms with Crippen LogP contribution in [0.5, 0.6) is 0 Å². The molecule has 0 aliphatic carbocycles. The average molecular weight is 373 g/mol. The summed E-state index contributed by atoms with van der Waals surface area (Å²) in [5, 5.41) is 1.94. The van der Waals surface area contributed by atoms with Crippen LogP contribution in [-0.4, -0.2) is 9.97 Å². The monoisotopic (exact) mass is 372 g/mol. The number of imidazole rings is 1. The molecule has 0 fully saturated rings. The van der Waals surface area contributed by atoms with E-state index in [1.54, 1.807) is 17.5 Å². The second-order valence-electron chi connectivity index (χ2n) is 4.32. The Morgan fingerprint density at radius 2 is 1.81 bits per heavy atom. The number of benzene rings is 1. The largest absolute Gasteiger partial charge is 0.416 e. The van der Waals surface area contributed by atoms with E-state index in [2.05, 4.69) is 25.9 Å². The van der Waals surface area contributed by atoms with Gasteiger partial charge in [-0.2, -0.15) is 13.2 Å². The van der Waals surface area contributed by atoms with Crippen LogP contribution in [0.15, 0.2) is 46.4 Å². The highest BCUT2D eigenvalue weighted by molar-refractivity contribution is 9.10. The predicted octanol–water partition coefficient (Wildman–Crippen LogP) is 5.59. The first-order valence-corrected chi connectivity index (χ1v) is 7.58. The molecule has 0 amide bonds. The molecule has 21 heavy (non-hydrogen) atoms. The summed E-state index contributed by atoms with van der Waals surface area (Å²) >= 11 is 4.99. The van der Waals surface area contributed by atoms with Crippen LogP contribution in [0.1, 0.15) is 5.56 Å². The molecule has 0 saturated carbocycles. The van der Waals surface area contributed by atoms with Gasteiger partial charge < -0.3 is 4.98 Å². The third-order valence-corrected chi connectivity index (χ3v) is 4.79. The van der Waals surface area contributed by atoms with Gasteiger partial charge in [0, 0.05) is 10.0 Å². The lowest BCUT2D eigenvalue weighted by Crippen LogP contribution is -2.04. The average Bonchev–Trinajstić information content (AvgIpc) is 3.06. The van der Waals surface area contributed by atoms with Crippen molar-refractivity contribution in [1.29, 1.82) is 0 Å². The van der Waals surface area contributed by atoms with Crippen LogP contribution in [0.4, 0.5) is 13.2 Å². The van der Waals surface area contributed by atoms with Gasteiger partial charge in [0.2, 0.25) is 0 Å². The Kier molecular flexibility index (Phi) is 3.62. The summed E-state index contributed by atoms with van der Waals surface area (Å²) in [4.78, 5) is 8.34. The van der Waals surface area contributed by atoms with Crippen molar-refractivity contribution >= 4 is 27.3 Å². The molecule has 0 radical (unpaired) electrons. The van der Waals surface area contributed by atoms with E-state index in [-0.39, 0.29) is 0 Å². The number of halogens is 4. The van der Waals surface area contributed by atoms with Crippen LogP contribution in [0.3, 0.4) is 0 Å². The minimum absolute atomic E-state index is 0.541. The van der Waals surface area contributed by atoms with E-state index in [1.807, 2.05) is 11.4 Å². The number of nitrogens with zero attached hydrogens (tertiary/aromatic N) is 1.